The van der Waals surface area contributed by atoms with Crippen molar-refractivity contribution in [1.82, 2.24) is 5.32 Å². The van der Waals surface area contributed by atoms with Crippen LogP contribution in [-0.2, 0) is 20.9 Å². The molecule has 23 heavy (non-hydrogen) atoms. The molecule has 0 aliphatic rings. The fraction of sp³-hybridized carbons (Fsp3) is 0.200. The molecule has 0 unspecified atom stereocenters. The van der Waals surface area contributed by atoms with Gasteiger partial charge in [0, 0.05) is 9.35 Å². The third kappa shape index (κ3) is 5.99. The minimum atomic E-state index is -0.751. The maximum Gasteiger partial charge on any atom is 0.344 e. The van der Waals surface area contributed by atoms with Crippen molar-refractivity contribution in [3.63, 3.8) is 0 Å². The van der Waals surface area contributed by atoms with Gasteiger partial charge >= 0.3 is 5.97 Å². The maximum absolute atomic E-state index is 13.5. The van der Waals surface area contributed by atoms with Crippen LogP contribution in [0.2, 0.25) is 0 Å². The molecular weight excluding hydrogens is 389 g/mol. The summed E-state index contributed by atoms with van der Waals surface area (Å²) in [5.41, 5.74) is 0. The third-order valence-corrected chi connectivity index (χ3v) is 4.01. The van der Waals surface area contributed by atoms with E-state index in [0.717, 1.165) is 4.88 Å². The fourth-order valence-electron chi connectivity index (χ4n) is 1.57. The molecule has 0 saturated heterocycles. The highest BCUT2D eigenvalue weighted by atomic mass is 79.9. The lowest BCUT2D eigenvalue weighted by Crippen LogP contribution is -2.29. The molecular formula is C15H13BrFNO4S. The number of halogens is 2. The summed E-state index contributed by atoms with van der Waals surface area (Å²) in [6.45, 7) is -0.498. The van der Waals surface area contributed by atoms with Gasteiger partial charge in [0.15, 0.2) is 24.8 Å². The summed E-state index contributed by atoms with van der Waals surface area (Å²) in [4.78, 5) is 24.0. The predicted molar refractivity (Wildman–Crippen MR) is 86.7 cm³/mol. The Labute approximate surface area is 144 Å². The van der Waals surface area contributed by atoms with Gasteiger partial charge in [0.05, 0.1) is 6.54 Å². The molecule has 0 aliphatic heterocycles. The van der Waals surface area contributed by atoms with Crippen molar-refractivity contribution in [3.8, 4) is 5.75 Å². The molecule has 0 fully saturated rings. The van der Waals surface area contributed by atoms with E-state index < -0.39 is 30.9 Å². The zero-order valence-electron chi connectivity index (χ0n) is 11.9. The van der Waals surface area contributed by atoms with Crippen molar-refractivity contribution < 1.29 is 23.5 Å². The van der Waals surface area contributed by atoms with E-state index in [-0.39, 0.29) is 5.75 Å². The minimum Gasteiger partial charge on any atom is -0.479 e. The Morgan fingerprint density at radius 2 is 2.09 bits per heavy atom. The van der Waals surface area contributed by atoms with Gasteiger partial charge in [-0.1, -0.05) is 22.0 Å². The van der Waals surface area contributed by atoms with Gasteiger partial charge in [0.25, 0.3) is 5.91 Å². The standard InChI is InChI=1S/C15H13BrFNO4S/c16-10-3-4-13(12(17)6-10)21-9-15(20)22-8-14(19)18-7-11-2-1-5-23-11/h1-6H,7-9H2,(H,18,19). The molecule has 0 saturated carbocycles. The Bertz CT molecular complexity index is 678. The second kappa shape index (κ2) is 8.64. The van der Waals surface area contributed by atoms with E-state index in [1.165, 1.54) is 23.5 Å². The monoisotopic (exact) mass is 401 g/mol. The summed E-state index contributed by atoms with van der Waals surface area (Å²) < 4.78 is 23.8. The average Bonchev–Trinajstić information content (AvgIpc) is 3.03. The van der Waals surface area contributed by atoms with Crippen molar-refractivity contribution in [1.29, 1.82) is 0 Å². The Balaban J connectivity index is 1.67. The SMILES string of the molecule is O=C(COC(=O)COc1ccc(Br)cc1F)NCc1cccs1. The average molecular weight is 402 g/mol. The van der Waals surface area contributed by atoms with Crippen LogP contribution in [0.3, 0.4) is 0 Å². The smallest absolute Gasteiger partial charge is 0.344 e. The summed E-state index contributed by atoms with van der Waals surface area (Å²) in [5, 5.41) is 4.52. The summed E-state index contributed by atoms with van der Waals surface area (Å²) in [6, 6.07) is 7.96. The van der Waals surface area contributed by atoms with Gasteiger partial charge in [0.1, 0.15) is 0 Å². The number of amides is 1. The van der Waals surface area contributed by atoms with Crippen molar-refractivity contribution in [2.75, 3.05) is 13.2 Å². The first-order valence-corrected chi connectivity index (χ1v) is 8.24. The molecule has 0 atom stereocenters. The molecule has 1 heterocycles. The van der Waals surface area contributed by atoms with Crippen molar-refractivity contribution >= 4 is 39.1 Å². The molecule has 1 aromatic heterocycles. The lowest BCUT2D eigenvalue weighted by Gasteiger charge is -2.08. The first kappa shape index (κ1) is 17.4. The summed E-state index contributed by atoms with van der Waals surface area (Å²) in [6.07, 6.45) is 0. The molecule has 1 aromatic carbocycles. The van der Waals surface area contributed by atoms with Gasteiger partial charge in [-0.15, -0.1) is 11.3 Å². The topological polar surface area (TPSA) is 64.6 Å². The van der Waals surface area contributed by atoms with E-state index >= 15 is 0 Å². The van der Waals surface area contributed by atoms with E-state index in [0.29, 0.717) is 11.0 Å². The van der Waals surface area contributed by atoms with Gasteiger partial charge in [-0.25, -0.2) is 9.18 Å². The van der Waals surface area contributed by atoms with Gasteiger partial charge in [0.2, 0.25) is 0 Å². The molecule has 0 spiro atoms. The van der Waals surface area contributed by atoms with Gasteiger partial charge < -0.3 is 14.8 Å². The van der Waals surface area contributed by atoms with Crippen LogP contribution in [0.4, 0.5) is 4.39 Å². The molecule has 0 aliphatic carbocycles. The van der Waals surface area contributed by atoms with Crippen molar-refractivity contribution in [2.45, 2.75) is 6.54 Å². The van der Waals surface area contributed by atoms with Gasteiger partial charge in [-0.2, -0.15) is 0 Å². The number of benzene rings is 1. The third-order valence-electron chi connectivity index (χ3n) is 2.64. The maximum atomic E-state index is 13.5. The molecule has 0 bridgehead atoms. The number of thiophene rings is 1. The van der Waals surface area contributed by atoms with E-state index in [1.807, 2.05) is 17.5 Å². The largest absolute Gasteiger partial charge is 0.479 e. The van der Waals surface area contributed by atoms with Crippen LogP contribution in [-0.4, -0.2) is 25.1 Å². The zero-order valence-corrected chi connectivity index (χ0v) is 14.3. The van der Waals surface area contributed by atoms with Crippen LogP contribution in [0.25, 0.3) is 0 Å². The molecule has 2 aromatic rings. The van der Waals surface area contributed by atoms with Crippen LogP contribution < -0.4 is 10.1 Å². The highest BCUT2D eigenvalue weighted by Gasteiger charge is 2.10. The number of carbonyl (C=O) groups excluding carboxylic acids is 2. The minimum absolute atomic E-state index is 0.0627. The number of rotatable bonds is 7. The summed E-state index contributed by atoms with van der Waals surface area (Å²) in [7, 11) is 0. The van der Waals surface area contributed by atoms with E-state index in [1.54, 1.807) is 6.07 Å². The van der Waals surface area contributed by atoms with Crippen LogP contribution in [0, 0.1) is 5.82 Å². The van der Waals surface area contributed by atoms with Crippen LogP contribution in [0.15, 0.2) is 40.2 Å². The van der Waals surface area contributed by atoms with Crippen molar-refractivity contribution in [3.05, 3.63) is 50.9 Å². The van der Waals surface area contributed by atoms with Gasteiger partial charge in [-0.05, 0) is 29.6 Å². The van der Waals surface area contributed by atoms with Crippen LogP contribution >= 0.6 is 27.3 Å². The Morgan fingerprint density at radius 3 is 2.78 bits per heavy atom. The normalized spacial score (nSPS) is 10.2. The predicted octanol–water partition coefficient (Wildman–Crippen LogP) is 2.89. The Morgan fingerprint density at radius 1 is 1.26 bits per heavy atom. The molecule has 8 heteroatoms. The quantitative estimate of drug-likeness (QED) is 0.724. The highest BCUT2D eigenvalue weighted by Crippen LogP contribution is 2.21. The second-order valence-corrected chi connectivity index (χ2v) is 6.33. The van der Waals surface area contributed by atoms with E-state index in [4.69, 9.17) is 9.47 Å². The van der Waals surface area contributed by atoms with E-state index in [2.05, 4.69) is 21.2 Å². The number of esters is 1. The Kier molecular flexibility index (Phi) is 6.54. The zero-order chi connectivity index (χ0) is 16.7. The number of hydrogen-bond donors (Lipinski definition) is 1. The molecule has 1 amide bonds. The molecule has 1 N–H and O–H groups in total. The molecule has 0 radical (unpaired) electrons. The van der Waals surface area contributed by atoms with Crippen LogP contribution in [0.5, 0.6) is 5.75 Å². The molecule has 2 rings (SSSR count). The van der Waals surface area contributed by atoms with E-state index in [9.17, 15) is 14.0 Å². The number of ether oxygens (including phenoxy) is 2. The van der Waals surface area contributed by atoms with Crippen molar-refractivity contribution in [2.24, 2.45) is 0 Å². The summed E-state index contributed by atoms with van der Waals surface area (Å²) >= 11 is 4.63. The number of carbonyl (C=O) groups is 2. The highest BCUT2D eigenvalue weighted by molar-refractivity contribution is 9.10. The molecule has 5 nitrogen and oxygen atoms in total. The lowest BCUT2D eigenvalue weighted by molar-refractivity contribution is -0.150. The number of hydrogen-bond acceptors (Lipinski definition) is 5. The van der Waals surface area contributed by atoms with Gasteiger partial charge in [-0.3, -0.25) is 4.79 Å². The summed E-state index contributed by atoms with van der Waals surface area (Å²) in [5.74, 6) is -1.83. The number of nitrogens with one attached hydrogen (secondary N) is 1. The second-order valence-electron chi connectivity index (χ2n) is 4.38. The Hall–Kier alpha value is -1.93. The van der Waals surface area contributed by atoms with Crippen LogP contribution in [0.1, 0.15) is 4.88 Å². The first-order valence-electron chi connectivity index (χ1n) is 6.57. The first-order chi connectivity index (χ1) is 11.0. The molecule has 122 valence electrons. The lowest BCUT2D eigenvalue weighted by atomic mass is 10.3. The fourth-order valence-corrected chi connectivity index (χ4v) is 2.54.